The van der Waals surface area contributed by atoms with Gasteiger partial charge in [-0.15, -0.1) is 0 Å². The fourth-order valence-electron chi connectivity index (χ4n) is 2.85. The van der Waals surface area contributed by atoms with E-state index in [9.17, 15) is 14.4 Å². The summed E-state index contributed by atoms with van der Waals surface area (Å²) in [6, 6.07) is 8.85. The molecule has 0 spiro atoms. The molecule has 7 heteroatoms. The molecule has 2 heterocycles. The van der Waals surface area contributed by atoms with Gasteiger partial charge in [-0.2, -0.15) is 0 Å². The molecule has 0 bridgehead atoms. The van der Waals surface area contributed by atoms with Crippen LogP contribution in [0.1, 0.15) is 6.92 Å². The molecule has 0 radical (unpaired) electrons. The highest BCUT2D eigenvalue weighted by atomic mass is 16.6. The van der Waals surface area contributed by atoms with Crippen LogP contribution in [0, 0.1) is 0 Å². The van der Waals surface area contributed by atoms with Gasteiger partial charge in [0.1, 0.15) is 5.70 Å². The summed E-state index contributed by atoms with van der Waals surface area (Å²) in [6.45, 7) is 4.01. The van der Waals surface area contributed by atoms with Crippen LogP contribution < -0.4 is 4.90 Å². The van der Waals surface area contributed by atoms with Gasteiger partial charge < -0.3 is 14.5 Å². The standard InChI is InChI=1S/C17H19N3O4/c1-2-24-17(23)19-10-8-18(9-11-19)14-12-15(21)20(16(14)22)13-6-4-3-5-7-13/h3-7,12H,2,8-11H2,1H3. The minimum atomic E-state index is -0.342. The Bertz CT molecular complexity index is 678. The Balaban J connectivity index is 1.67. The van der Waals surface area contributed by atoms with Crippen LogP contribution in [-0.4, -0.2) is 60.5 Å². The first-order valence-corrected chi connectivity index (χ1v) is 7.93. The van der Waals surface area contributed by atoms with E-state index in [2.05, 4.69) is 0 Å². The molecule has 0 saturated carbocycles. The minimum absolute atomic E-state index is 0.323. The molecular formula is C17H19N3O4. The summed E-state index contributed by atoms with van der Waals surface area (Å²) in [5.41, 5.74) is 0.941. The van der Waals surface area contributed by atoms with Crippen molar-refractivity contribution in [1.82, 2.24) is 9.80 Å². The fraction of sp³-hybridized carbons (Fsp3) is 0.353. The summed E-state index contributed by atoms with van der Waals surface area (Å²) in [5, 5.41) is 0. The number of carbonyl (C=O) groups excluding carboxylic acids is 3. The molecule has 1 saturated heterocycles. The maximum atomic E-state index is 12.6. The van der Waals surface area contributed by atoms with E-state index in [1.165, 1.54) is 11.0 Å². The van der Waals surface area contributed by atoms with Crippen LogP contribution in [-0.2, 0) is 14.3 Å². The zero-order chi connectivity index (χ0) is 17.1. The Kier molecular flexibility index (Phi) is 4.50. The van der Waals surface area contributed by atoms with Gasteiger partial charge in [0.2, 0.25) is 0 Å². The first-order chi connectivity index (χ1) is 11.6. The third-order valence-electron chi connectivity index (χ3n) is 4.06. The van der Waals surface area contributed by atoms with E-state index in [4.69, 9.17) is 4.74 Å². The summed E-state index contributed by atoms with van der Waals surface area (Å²) in [5.74, 6) is -0.662. The number of piperazine rings is 1. The van der Waals surface area contributed by atoms with E-state index in [-0.39, 0.29) is 17.9 Å². The lowest BCUT2D eigenvalue weighted by atomic mass is 10.2. The number of carbonyl (C=O) groups is 3. The molecule has 3 amide bonds. The van der Waals surface area contributed by atoms with Crippen LogP contribution in [0.2, 0.25) is 0 Å². The SMILES string of the molecule is CCOC(=O)N1CCN(C2=CC(=O)N(c3ccccc3)C2=O)CC1. The average Bonchev–Trinajstić information content (AvgIpc) is 2.90. The second-order valence-corrected chi connectivity index (χ2v) is 5.52. The fourth-order valence-corrected chi connectivity index (χ4v) is 2.85. The van der Waals surface area contributed by atoms with Crippen molar-refractivity contribution in [3.63, 3.8) is 0 Å². The zero-order valence-corrected chi connectivity index (χ0v) is 13.5. The van der Waals surface area contributed by atoms with E-state index >= 15 is 0 Å². The molecule has 0 aromatic heterocycles. The molecule has 0 unspecified atom stereocenters. The smallest absolute Gasteiger partial charge is 0.409 e. The molecule has 1 fully saturated rings. The second kappa shape index (κ2) is 6.74. The number of amides is 3. The number of hydrogen-bond donors (Lipinski definition) is 0. The van der Waals surface area contributed by atoms with Gasteiger partial charge in [0.05, 0.1) is 12.3 Å². The van der Waals surface area contributed by atoms with E-state index in [0.29, 0.717) is 44.2 Å². The lowest BCUT2D eigenvalue weighted by Crippen LogP contribution is -2.49. The molecule has 1 aromatic rings. The van der Waals surface area contributed by atoms with Crippen LogP contribution in [0.4, 0.5) is 10.5 Å². The Morgan fingerprint density at radius 1 is 1.08 bits per heavy atom. The number of anilines is 1. The van der Waals surface area contributed by atoms with Gasteiger partial charge in [-0.25, -0.2) is 9.69 Å². The lowest BCUT2D eigenvalue weighted by molar-refractivity contribution is -0.121. The highest BCUT2D eigenvalue weighted by molar-refractivity contribution is 6.30. The summed E-state index contributed by atoms with van der Waals surface area (Å²) >= 11 is 0. The van der Waals surface area contributed by atoms with Gasteiger partial charge in [-0.3, -0.25) is 9.59 Å². The number of imide groups is 1. The van der Waals surface area contributed by atoms with Crippen molar-refractivity contribution in [2.75, 3.05) is 37.7 Å². The molecule has 3 rings (SSSR count). The maximum absolute atomic E-state index is 12.6. The monoisotopic (exact) mass is 329 g/mol. The Hall–Kier alpha value is -2.83. The molecule has 0 N–H and O–H groups in total. The minimum Gasteiger partial charge on any atom is -0.450 e. The van der Waals surface area contributed by atoms with Crippen molar-refractivity contribution < 1.29 is 19.1 Å². The van der Waals surface area contributed by atoms with Crippen LogP contribution in [0.5, 0.6) is 0 Å². The number of para-hydroxylation sites is 1. The van der Waals surface area contributed by atoms with Crippen molar-refractivity contribution in [2.45, 2.75) is 6.92 Å². The average molecular weight is 329 g/mol. The number of ether oxygens (including phenoxy) is 1. The van der Waals surface area contributed by atoms with E-state index in [0.717, 1.165) is 0 Å². The Morgan fingerprint density at radius 2 is 1.75 bits per heavy atom. The molecule has 126 valence electrons. The van der Waals surface area contributed by atoms with Crippen molar-refractivity contribution in [3.8, 4) is 0 Å². The number of nitrogens with zero attached hydrogens (tertiary/aromatic N) is 3. The van der Waals surface area contributed by atoms with Gasteiger partial charge >= 0.3 is 6.09 Å². The van der Waals surface area contributed by atoms with Crippen LogP contribution in [0.15, 0.2) is 42.1 Å². The summed E-state index contributed by atoms with van der Waals surface area (Å²) < 4.78 is 4.98. The molecule has 1 aromatic carbocycles. The molecule has 0 atom stereocenters. The zero-order valence-electron chi connectivity index (χ0n) is 13.5. The molecule has 2 aliphatic heterocycles. The van der Waals surface area contributed by atoms with Gasteiger partial charge in [0.15, 0.2) is 0 Å². The Morgan fingerprint density at radius 3 is 2.38 bits per heavy atom. The van der Waals surface area contributed by atoms with Crippen LogP contribution in [0.3, 0.4) is 0 Å². The van der Waals surface area contributed by atoms with Gasteiger partial charge in [-0.05, 0) is 19.1 Å². The largest absolute Gasteiger partial charge is 0.450 e. The van der Waals surface area contributed by atoms with Crippen LogP contribution >= 0.6 is 0 Å². The molecular weight excluding hydrogens is 310 g/mol. The van der Waals surface area contributed by atoms with E-state index < -0.39 is 0 Å². The van der Waals surface area contributed by atoms with Crippen molar-refractivity contribution in [2.24, 2.45) is 0 Å². The molecule has 24 heavy (non-hydrogen) atoms. The number of hydrogen-bond acceptors (Lipinski definition) is 5. The second-order valence-electron chi connectivity index (χ2n) is 5.52. The predicted octanol–water partition coefficient (Wildman–Crippen LogP) is 1.22. The predicted molar refractivity (Wildman–Crippen MR) is 87.2 cm³/mol. The van der Waals surface area contributed by atoms with Gasteiger partial charge in [-0.1, -0.05) is 18.2 Å². The molecule has 0 aliphatic carbocycles. The first kappa shape index (κ1) is 16.0. The topological polar surface area (TPSA) is 70.2 Å². The van der Waals surface area contributed by atoms with Crippen LogP contribution in [0.25, 0.3) is 0 Å². The van der Waals surface area contributed by atoms with E-state index in [1.54, 1.807) is 36.1 Å². The third kappa shape index (κ3) is 2.97. The van der Waals surface area contributed by atoms with E-state index in [1.807, 2.05) is 11.0 Å². The quantitative estimate of drug-likeness (QED) is 0.780. The summed E-state index contributed by atoms with van der Waals surface area (Å²) in [4.78, 5) is 41.2. The molecule has 7 nitrogen and oxygen atoms in total. The Labute approximate surface area is 140 Å². The summed E-state index contributed by atoms with van der Waals surface area (Å²) in [6.07, 6.45) is 1.03. The highest BCUT2D eigenvalue weighted by Gasteiger charge is 2.36. The van der Waals surface area contributed by atoms with Gasteiger partial charge in [0.25, 0.3) is 11.8 Å². The normalized spacial score (nSPS) is 18.0. The third-order valence-corrected chi connectivity index (χ3v) is 4.06. The lowest BCUT2D eigenvalue weighted by Gasteiger charge is -2.35. The highest BCUT2D eigenvalue weighted by Crippen LogP contribution is 2.24. The van der Waals surface area contributed by atoms with Crippen molar-refractivity contribution >= 4 is 23.6 Å². The first-order valence-electron chi connectivity index (χ1n) is 7.93. The van der Waals surface area contributed by atoms with Crippen molar-refractivity contribution in [1.29, 1.82) is 0 Å². The molecule has 2 aliphatic rings. The van der Waals surface area contributed by atoms with Crippen molar-refractivity contribution in [3.05, 3.63) is 42.1 Å². The number of rotatable bonds is 3. The van der Waals surface area contributed by atoms with Gasteiger partial charge in [0, 0.05) is 32.3 Å². The maximum Gasteiger partial charge on any atom is 0.409 e. The summed E-state index contributed by atoms with van der Waals surface area (Å²) in [7, 11) is 0. The number of benzene rings is 1.